The summed E-state index contributed by atoms with van der Waals surface area (Å²) in [6, 6.07) is 9.68. The van der Waals surface area contributed by atoms with Crippen molar-refractivity contribution in [3.05, 3.63) is 30.0 Å². The molecule has 0 spiro atoms. The molecule has 2 N–H and O–H groups in total. The number of hydrogen-bond donors (Lipinski definition) is 2. The second-order valence-corrected chi connectivity index (χ2v) is 6.04. The summed E-state index contributed by atoms with van der Waals surface area (Å²) >= 11 is 0. The quantitative estimate of drug-likeness (QED) is 0.851. The normalized spacial score (nSPS) is 17.6. The minimum atomic E-state index is -0.701. The maximum atomic E-state index is 10.8. The predicted octanol–water partition coefficient (Wildman–Crippen LogP) is 3.00. The van der Waals surface area contributed by atoms with E-state index < -0.39 is 5.60 Å². The molecule has 5 nitrogen and oxygen atoms in total. The van der Waals surface area contributed by atoms with Gasteiger partial charge in [0.1, 0.15) is 6.07 Å². The van der Waals surface area contributed by atoms with Crippen molar-refractivity contribution >= 4 is 16.6 Å². The van der Waals surface area contributed by atoms with Crippen LogP contribution in [0, 0.1) is 11.3 Å². The van der Waals surface area contributed by atoms with Crippen molar-refractivity contribution in [2.75, 3.05) is 11.9 Å². The van der Waals surface area contributed by atoms with Crippen LogP contribution in [0.4, 0.5) is 5.69 Å². The standard InChI is InChI=1S/C17H20N4O/c18-11-15-16(13-7-3-4-8-14(13)20-21-15)19-12-17(22)9-5-1-2-6-10-17/h3-4,7-8,22H,1-2,5-6,9-10,12H2,(H,19,20). The van der Waals surface area contributed by atoms with Crippen LogP contribution < -0.4 is 5.32 Å². The van der Waals surface area contributed by atoms with E-state index in [1.54, 1.807) is 0 Å². The van der Waals surface area contributed by atoms with Gasteiger partial charge in [0.05, 0.1) is 16.8 Å². The van der Waals surface area contributed by atoms with Crippen LogP contribution in [0.1, 0.15) is 44.2 Å². The molecule has 0 atom stereocenters. The monoisotopic (exact) mass is 296 g/mol. The lowest BCUT2D eigenvalue weighted by molar-refractivity contribution is 0.0381. The van der Waals surface area contributed by atoms with Gasteiger partial charge in [0.2, 0.25) is 0 Å². The summed E-state index contributed by atoms with van der Waals surface area (Å²) in [6.07, 6.45) is 6.09. The average molecular weight is 296 g/mol. The first-order chi connectivity index (χ1) is 10.7. The topological polar surface area (TPSA) is 81.8 Å². The molecule has 114 valence electrons. The molecule has 1 aliphatic rings. The summed E-state index contributed by atoms with van der Waals surface area (Å²) in [5, 5.41) is 32.2. The summed E-state index contributed by atoms with van der Waals surface area (Å²) in [6.45, 7) is 0.442. The average Bonchev–Trinajstić information content (AvgIpc) is 2.77. The molecule has 1 saturated carbocycles. The first-order valence-corrected chi connectivity index (χ1v) is 7.84. The summed E-state index contributed by atoms with van der Waals surface area (Å²) in [5.74, 6) is 0. The van der Waals surface area contributed by atoms with Crippen LogP contribution in [0.3, 0.4) is 0 Å². The SMILES string of the molecule is N#Cc1nnc2ccccc2c1NCC1(O)CCCCCC1. The van der Waals surface area contributed by atoms with Gasteiger partial charge in [0.25, 0.3) is 0 Å². The van der Waals surface area contributed by atoms with Gasteiger partial charge in [-0.3, -0.25) is 0 Å². The van der Waals surface area contributed by atoms with Gasteiger partial charge in [0.15, 0.2) is 5.69 Å². The highest BCUT2D eigenvalue weighted by atomic mass is 16.3. The molecule has 0 amide bonds. The molecule has 0 saturated heterocycles. The first kappa shape index (κ1) is 14.7. The van der Waals surface area contributed by atoms with Gasteiger partial charge in [-0.2, -0.15) is 5.26 Å². The lowest BCUT2D eigenvalue weighted by atomic mass is 9.94. The lowest BCUT2D eigenvalue weighted by Crippen LogP contribution is -2.36. The molecule has 1 aromatic heterocycles. The second kappa shape index (κ2) is 6.29. The lowest BCUT2D eigenvalue weighted by Gasteiger charge is -2.27. The number of anilines is 1. The van der Waals surface area contributed by atoms with E-state index in [1.165, 1.54) is 12.8 Å². The van der Waals surface area contributed by atoms with Crippen molar-refractivity contribution in [1.82, 2.24) is 10.2 Å². The zero-order valence-corrected chi connectivity index (χ0v) is 12.5. The van der Waals surface area contributed by atoms with E-state index >= 15 is 0 Å². The summed E-state index contributed by atoms with van der Waals surface area (Å²) < 4.78 is 0. The van der Waals surface area contributed by atoms with Crippen LogP contribution in [0.15, 0.2) is 24.3 Å². The number of nitrogens with zero attached hydrogens (tertiary/aromatic N) is 3. The third kappa shape index (κ3) is 3.02. The van der Waals surface area contributed by atoms with Crippen LogP contribution in [-0.2, 0) is 0 Å². The molecular weight excluding hydrogens is 276 g/mol. The molecule has 5 heteroatoms. The molecule has 0 radical (unpaired) electrons. The highest BCUT2D eigenvalue weighted by molar-refractivity contribution is 5.92. The predicted molar refractivity (Wildman–Crippen MR) is 85.4 cm³/mol. The number of rotatable bonds is 3. The number of aliphatic hydroxyl groups is 1. The number of aromatic nitrogens is 2. The molecular formula is C17H20N4O. The van der Waals surface area contributed by atoms with Crippen molar-refractivity contribution in [3.63, 3.8) is 0 Å². The highest BCUT2D eigenvalue weighted by Crippen LogP contribution is 2.29. The highest BCUT2D eigenvalue weighted by Gasteiger charge is 2.28. The Morgan fingerprint density at radius 1 is 1.14 bits per heavy atom. The van der Waals surface area contributed by atoms with Crippen LogP contribution in [0.5, 0.6) is 0 Å². The summed E-state index contributed by atoms with van der Waals surface area (Å²) in [4.78, 5) is 0. The Morgan fingerprint density at radius 2 is 1.86 bits per heavy atom. The van der Waals surface area contributed by atoms with E-state index in [1.807, 2.05) is 24.3 Å². The Morgan fingerprint density at radius 3 is 2.59 bits per heavy atom. The van der Waals surface area contributed by atoms with E-state index in [-0.39, 0.29) is 5.69 Å². The Balaban J connectivity index is 1.88. The minimum Gasteiger partial charge on any atom is -0.388 e. The van der Waals surface area contributed by atoms with Crippen LogP contribution in [0.2, 0.25) is 0 Å². The number of nitriles is 1. The van der Waals surface area contributed by atoms with Gasteiger partial charge >= 0.3 is 0 Å². The summed E-state index contributed by atoms with van der Waals surface area (Å²) in [7, 11) is 0. The Kier molecular flexibility index (Phi) is 4.21. The van der Waals surface area contributed by atoms with Crippen molar-refractivity contribution in [2.24, 2.45) is 0 Å². The number of benzene rings is 1. The zero-order chi connectivity index (χ0) is 15.4. The number of hydrogen-bond acceptors (Lipinski definition) is 5. The van der Waals surface area contributed by atoms with Crippen molar-refractivity contribution < 1.29 is 5.11 Å². The van der Waals surface area contributed by atoms with Gasteiger partial charge in [0, 0.05) is 11.9 Å². The fraction of sp³-hybridized carbons (Fsp3) is 0.471. The van der Waals surface area contributed by atoms with E-state index in [4.69, 9.17) is 0 Å². The molecule has 0 bridgehead atoms. The van der Waals surface area contributed by atoms with Crippen molar-refractivity contribution in [2.45, 2.75) is 44.1 Å². The third-order valence-electron chi connectivity index (χ3n) is 4.40. The Labute approximate surface area is 130 Å². The van der Waals surface area contributed by atoms with Crippen LogP contribution >= 0.6 is 0 Å². The number of nitrogens with one attached hydrogen (secondary N) is 1. The third-order valence-corrected chi connectivity index (χ3v) is 4.40. The van der Waals surface area contributed by atoms with E-state index in [0.717, 1.165) is 36.6 Å². The fourth-order valence-electron chi connectivity index (χ4n) is 3.13. The summed E-state index contributed by atoms with van der Waals surface area (Å²) in [5.41, 5.74) is 0.992. The molecule has 22 heavy (non-hydrogen) atoms. The van der Waals surface area contributed by atoms with Crippen LogP contribution in [-0.4, -0.2) is 27.4 Å². The van der Waals surface area contributed by atoms with E-state index in [9.17, 15) is 10.4 Å². The van der Waals surface area contributed by atoms with Crippen molar-refractivity contribution in [3.8, 4) is 6.07 Å². The fourth-order valence-corrected chi connectivity index (χ4v) is 3.13. The van der Waals surface area contributed by atoms with E-state index in [2.05, 4.69) is 21.6 Å². The molecule has 0 unspecified atom stereocenters. The molecule has 1 aromatic carbocycles. The smallest absolute Gasteiger partial charge is 0.186 e. The van der Waals surface area contributed by atoms with Gasteiger partial charge in [-0.15, -0.1) is 10.2 Å². The minimum absolute atomic E-state index is 0.274. The molecule has 1 aliphatic carbocycles. The molecule has 1 heterocycles. The maximum Gasteiger partial charge on any atom is 0.186 e. The Bertz CT molecular complexity index is 699. The largest absolute Gasteiger partial charge is 0.388 e. The molecule has 0 aliphatic heterocycles. The second-order valence-electron chi connectivity index (χ2n) is 6.04. The van der Waals surface area contributed by atoms with Gasteiger partial charge < -0.3 is 10.4 Å². The molecule has 2 aromatic rings. The van der Waals surface area contributed by atoms with Gasteiger partial charge in [-0.25, -0.2) is 0 Å². The van der Waals surface area contributed by atoms with Crippen molar-refractivity contribution in [1.29, 1.82) is 5.26 Å². The maximum absolute atomic E-state index is 10.8. The molecule has 1 fully saturated rings. The number of fused-ring (bicyclic) bond motifs is 1. The zero-order valence-electron chi connectivity index (χ0n) is 12.5. The van der Waals surface area contributed by atoms with E-state index in [0.29, 0.717) is 12.2 Å². The van der Waals surface area contributed by atoms with Gasteiger partial charge in [-0.05, 0) is 18.9 Å². The Hall–Kier alpha value is -2.19. The molecule has 3 rings (SSSR count). The van der Waals surface area contributed by atoms with Gasteiger partial charge in [-0.1, -0.05) is 43.9 Å². The first-order valence-electron chi connectivity index (χ1n) is 7.84. The van der Waals surface area contributed by atoms with Crippen LogP contribution in [0.25, 0.3) is 10.9 Å².